The minimum absolute atomic E-state index is 0.0309. The molecule has 1 atom stereocenters. The maximum absolute atomic E-state index is 13.1. The first-order chi connectivity index (χ1) is 17.2. The van der Waals surface area contributed by atoms with Gasteiger partial charge >= 0.3 is 12.1 Å². The average Bonchev–Trinajstić information content (AvgIpc) is 3.43. The number of carbonyl (C=O) groups excluding carboxylic acids is 1. The Bertz CT molecular complexity index is 1410. The van der Waals surface area contributed by atoms with Gasteiger partial charge in [0.05, 0.1) is 0 Å². The molecule has 0 saturated carbocycles. The number of nitrogens with zero attached hydrogens (tertiary/aromatic N) is 2. The maximum atomic E-state index is 13.1. The molecule has 1 saturated heterocycles. The SMILES string of the molecule is CN(C1CCN(Cc2cccc(C(=N)N)c2)C1=O)S(=O)(=O)c1cc2ccccc2s1.O=C(O)C(F)(F)F. The smallest absolute Gasteiger partial charge is 0.475 e. The summed E-state index contributed by atoms with van der Waals surface area (Å²) in [6.07, 6.45) is -4.65. The summed E-state index contributed by atoms with van der Waals surface area (Å²) in [5, 5.41) is 15.6. The summed E-state index contributed by atoms with van der Waals surface area (Å²) in [7, 11) is -2.30. The number of halogens is 3. The lowest BCUT2D eigenvalue weighted by atomic mass is 10.1. The molecule has 1 fully saturated rings. The van der Waals surface area contributed by atoms with Crippen LogP contribution >= 0.6 is 11.3 Å². The Balaban J connectivity index is 0.000000479. The molecule has 3 aromatic rings. The Kier molecular flexibility index (Phi) is 8.25. The molecule has 198 valence electrons. The summed E-state index contributed by atoms with van der Waals surface area (Å²) in [5.41, 5.74) is 6.99. The fourth-order valence-electron chi connectivity index (χ4n) is 3.67. The number of hydrogen-bond donors (Lipinski definition) is 3. The van der Waals surface area contributed by atoms with Gasteiger partial charge in [0.2, 0.25) is 5.91 Å². The molecule has 1 aromatic heterocycles. The summed E-state index contributed by atoms with van der Waals surface area (Å²) < 4.78 is 60.4. The minimum atomic E-state index is -5.08. The van der Waals surface area contributed by atoms with Gasteiger partial charge in [0, 0.05) is 30.4 Å². The third-order valence-corrected chi connectivity index (χ3v) is 9.03. The highest BCUT2D eigenvalue weighted by Crippen LogP contribution is 2.32. The van der Waals surface area contributed by atoms with Gasteiger partial charge in [0.1, 0.15) is 16.1 Å². The molecule has 9 nitrogen and oxygen atoms in total. The lowest BCUT2D eigenvalue weighted by molar-refractivity contribution is -0.192. The zero-order valence-corrected chi connectivity index (χ0v) is 21.0. The lowest BCUT2D eigenvalue weighted by Crippen LogP contribution is -2.42. The van der Waals surface area contributed by atoms with E-state index < -0.39 is 28.2 Å². The van der Waals surface area contributed by atoms with E-state index in [2.05, 4.69) is 0 Å². The molecule has 1 unspecified atom stereocenters. The third-order valence-electron chi connectivity index (χ3n) is 5.60. The van der Waals surface area contributed by atoms with E-state index in [0.29, 0.717) is 25.1 Å². The number of nitrogens with two attached hydrogens (primary N) is 1. The fourth-order valence-corrected chi connectivity index (χ4v) is 6.60. The van der Waals surface area contributed by atoms with Gasteiger partial charge in [-0.3, -0.25) is 10.2 Å². The van der Waals surface area contributed by atoms with Crippen LogP contribution in [0, 0.1) is 5.41 Å². The molecule has 2 aromatic carbocycles. The van der Waals surface area contributed by atoms with Crippen LogP contribution in [0.2, 0.25) is 0 Å². The highest BCUT2D eigenvalue weighted by Gasteiger charge is 2.40. The number of likely N-dealkylation sites (tertiary alicyclic amines) is 1. The second kappa shape index (κ2) is 10.9. The number of fused-ring (bicyclic) bond motifs is 1. The molecule has 0 bridgehead atoms. The molecular formula is C23H23F3N4O5S2. The molecule has 37 heavy (non-hydrogen) atoms. The molecule has 14 heteroatoms. The number of hydrogen-bond acceptors (Lipinski definition) is 6. The van der Waals surface area contributed by atoms with Gasteiger partial charge in [-0.25, -0.2) is 13.2 Å². The summed E-state index contributed by atoms with van der Waals surface area (Å²) in [6, 6.07) is 15.6. The van der Waals surface area contributed by atoms with Gasteiger partial charge in [-0.1, -0.05) is 36.4 Å². The number of carboxylic acids is 1. The first-order valence-corrected chi connectivity index (χ1v) is 13.0. The summed E-state index contributed by atoms with van der Waals surface area (Å²) >= 11 is 1.21. The minimum Gasteiger partial charge on any atom is -0.475 e. The molecule has 2 heterocycles. The normalized spacial score (nSPS) is 16.1. The number of nitrogens with one attached hydrogen (secondary N) is 1. The largest absolute Gasteiger partial charge is 0.490 e. The number of likely N-dealkylation sites (N-methyl/N-ethyl adjacent to an activating group) is 1. The number of amides is 1. The number of amidine groups is 1. The van der Waals surface area contributed by atoms with Crippen LogP contribution in [-0.4, -0.2) is 66.3 Å². The van der Waals surface area contributed by atoms with Crippen LogP contribution in [0.4, 0.5) is 13.2 Å². The molecule has 4 rings (SSSR count). The Morgan fingerprint density at radius 2 is 1.86 bits per heavy atom. The van der Waals surface area contributed by atoms with Crippen LogP contribution in [0.15, 0.2) is 58.8 Å². The van der Waals surface area contributed by atoms with Gasteiger partial charge in [-0.15, -0.1) is 11.3 Å². The van der Waals surface area contributed by atoms with E-state index in [-0.39, 0.29) is 16.0 Å². The molecule has 0 aliphatic carbocycles. The van der Waals surface area contributed by atoms with E-state index in [4.69, 9.17) is 21.0 Å². The first-order valence-electron chi connectivity index (χ1n) is 10.7. The topological polar surface area (TPSA) is 145 Å². The predicted octanol–water partition coefficient (Wildman–Crippen LogP) is 3.24. The second-order valence-corrected chi connectivity index (χ2v) is 11.4. The predicted molar refractivity (Wildman–Crippen MR) is 132 cm³/mol. The molecule has 4 N–H and O–H groups in total. The fraction of sp³-hybridized carbons (Fsp3) is 0.261. The zero-order valence-electron chi connectivity index (χ0n) is 19.4. The van der Waals surface area contributed by atoms with Gasteiger partial charge in [0.15, 0.2) is 0 Å². The van der Waals surface area contributed by atoms with E-state index in [1.807, 2.05) is 30.3 Å². The standard InChI is InChI=1S/C21H22N4O3S2.C2HF3O2/c1-24(30(27,28)19-12-15-6-2-3-8-18(15)29-19)17-9-10-25(21(17)26)13-14-5-4-7-16(11-14)20(22)23;3-2(4,5)1(6)7/h2-8,11-12,17H,9-10,13H2,1H3,(H3,22,23);(H,6,7). The Morgan fingerprint density at radius 3 is 2.46 bits per heavy atom. The number of alkyl halides is 3. The average molecular weight is 557 g/mol. The van der Waals surface area contributed by atoms with Crippen molar-refractivity contribution in [3.63, 3.8) is 0 Å². The Hall–Kier alpha value is -3.49. The van der Waals surface area contributed by atoms with Crippen molar-refractivity contribution in [3.05, 3.63) is 65.7 Å². The van der Waals surface area contributed by atoms with Gasteiger partial charge in [-0.05, 0) is 35.6 Å². The first kappa shape index (κ1) is 28.1. The van der Waals surface area contributed by atoms with E-state index in [0.717, 1.165) is 15.6 Å². The van der Waals surface area contributed by atoms with Crippen molar-refractivity contribution in [3.8, 4) is 0 Å². The molecular weight excluding hydrogens is 533 g/mol. The third kappa shape index (κ3) is 6.45. The molecule has 0 spiro atoms. The van der Waals surface area contributed by atoms with Crippen LogP contribution in [0.1, 0.15) is 17.5 Å². The van der Waals surface area contributed by atoms with Crippen molar-refractivity contribution in [2.45, 2.75) is 29.4 Å². The zero-order chi connectivity index (χ0) is 27.5. The Morgan fingerprint density at radius 1 is 1.22 bits per heavy atom. The number of aliphatic carboxylic acids is 1. The van der Waals surface area contributed by atoms with Crippen molar-refractivity contribution < 1.29 is 36.3 Å². The number of sulfonamides is 1. The van der Waals surface area contributed by atoms with E-state index in [1.165, 1.54) is 22.7 Å². The number of thiophene rings is 1. The lowest BCUT2D eigenvalue weighted by Gasteiger charge is -2.23. The molecule has 1 amide bonds. The van der Waals surface area contributed by atoms with Crippen LogP contribution < -0.4 is 5.73 Å². The number of benzene rings is 2. The van der Waals surface area contributed by atoms with Crippen molar-refractivity contribution in [1.82, 2.24) is 9.21 Å². The van der Waals surface area contributed by atoms with Crippen LogP contribution in [0.5, 0.6) is 0 Å². The van der Waals surface area contributed by atoms with Gasteiger partial charge in [-0.2, -0.15) is 17.5 Å². The van der Waals surface area contributed by atoms with E-state index >= 15 is 0 Å². The molecule has 1 aliphatic heterocycles. The quantitative estimate of drug-likeness (QED) is 0.314. The van der Waals surface area contributed by atoms with Crippen LogP contribution in [0.3, 0.4) is 0 Å². The summed E-state index contributed by atoms with van der Waals surface area (Å²) in [6.45, 7) is 0.827. The molecule has 0 radical (unpaired) electrons. The van der Waals surface area contributed by atoms with Gasteiger partial charge in [0.25, 0.3) is 10.0 Å². The van der Waals surface area contributed by atoms with Crippen molar-refractivity contribution in [2.24, 2.45) is 5.73 Å². The number of carboxylic acid groups (broad SMARTS) is 1. The van der Waals surface area contributed by atoms with Gasteiger partial charge < -0.3 is 15.7 Å². The van der Waals surface area contributed by atoms with E-state index in [9.17, 15) is 26.4 Å². The van der Waals surface area contributed by atoms with Crippen molar-refractivity contribution >= 4 is 49.2 Å². The monoisotopic (exact) mass is 556 g/mol. The highest BCUT2D eigenvalue weighted by molar-refractivity contribution is 7.91. The summed E-state index contributed by atoms with van der Waals surface area (Å²) in [5.74, 6) is -3.00. The number of nitrogen functional groups attached to an aromatic ring is 1. The van der Waals surface area contributed by atoms with Crippen LogP contribution in [0.25, 0.3) is 10.1 Å². The van der Waals surface area contributed by atoms with Crippen molar-refractivity contribution in [2.75, 3.05) is 13.6 Å². The second-order valence-electron chi connectivity index (χ2n) is 8.11. The number of carbonyl (C=O) groups is 2. The van der Waals surface area contributed by atoms with Crippen molar-refractivity contribution in [1.29, 1.82) is 5.41 Å². The number of rotatable bonds is 6. The maximum Gasteiger partial charge on any atom is 0.490 e. The highest BCUT2D eigenvalue weighted by atomic mass is 32.2. The molecule has 1 aliphatic rings. The van der Waals surface area contributed by atoms with E-state index in [1.54, 1.807) is 29.2 Å². The Labute approximate surface area is 214 Å². The summed E-state index contributed by atoms with van der Waals surface area (Å²) in [4.78, 5) is 23.5. The van der Waals surface area contributed by atoms with Crippen LogP contribution in [-0.2, 0) is 26.2 Å².